The highest BCUT2D eigenvalue weighted by atomic mass is 15.3. The molecular formula is C16H27N3. The average molecular weight is 261 g/mol. The van der Waals surface area contributed by atoms with Gasteiger partial charge in [0.15, 0.2) is 0 Å². The zero-order valence-corrected chi connectivity index (χ0v) is 12.5. The van der Waals surface area contributed by atoms with Gasteiger partial charge in [-0.25, -0.2) is 0 Å². The maximum atomic E-state index is 5.90. The first-order valence-electron chi connectivity index (χ1n) is 7.19. The minimum Gasteiger partial charge on any atom is -0.330 e. The lowest BCUT2D eigenvalue weighted by atomic mass is 9.91. The molecule has 1 fully saturated rings. The van der Waals surface area contributed by atoms with Gasteiger partial charge < -0.3 is 10.6 Å². The molecule has 1 aromatic carbocycles. The summed E-state index contributed by atoms with van der Waals surface area (Å²) in [5.74, 6) is 0. The van der Waals surface area contributed by atoms with Crippen molar-refractivity contribution in [2.45, 2.75) is 19.9 Å². The first-order valence-corrected chi connectivity index (χ1v) is 7.19. The van der Waals surface area contributed by atoms with Crippen molar-refractivity contribution in [2.75, 3.05) is 39.8 Å². The largest absolute Gasteiger partial charge is 0.330 e. The van der Waals surface area contributed by atoms with Crippen LogP contribution in [0, 0.1) is 5.41 Å². The molecule has 1 aromatic rings. The van der Waals surface area contributed by atoms with E-state index >= 15 is 0 Å². The number of nitrogens with zero attached hydrogens (tertiary/aromatic N) is 2. The number of hydrogen-bond acceptors (Lipinski definition) is 3. The van der Waals surface area contributed by atoms with Crippen LogP contribution in [0.1, 0.15) is 25.5 Å². The van der Waals surface area contributed by atoms with Gasteiger partial charge >= 0.3 is 0 Å². The smallest absolute Gasteiger partial charge is 0.0475 e. The molecule has 1 saturated heterocycles. The van der Waals surface area contributed by atoms with E-state index < -0.39 is 0 Å². The summed E-state index contributed by atoms with van der Waals surface area (Å²) >= 11 is 0. The van der Waals surface area contributed by atoms with Crippen molar-refractivity contribution >= 4 is 0 Å². The molecule has 0 radical (unpaired) electrons. The molecular weight excluding hydrogens is 234 g/mol. The lowest BCUT2D eigenvalue weighted by molar-refractivity contribution is 0.0583. The van der Waals surface area contributed by atoms with Crippen LogP contribution < -0.4 is 5.73 Å². The first-order chi connectivity index (χ1) is 9.02. The van der Waals surface area contributed by atoms with Crippen molar-refractivity contribution < 1.29 is 0 Å². The van der Waals surface area contributed by atoms with Crippen molar-refractivity contribution in [3.8, 4) is 0 Å². The van der Waals surface area contributed by atoms with Crippen LogP contribution in [0.4, 0.5) is 0 Å². The van der Waals surface area contributed by atoms with Crippen LogP contribution in [-0.4, -0.2) is 49.6 Å². The summed E-state index contributed by atoms with van der Waals surface area (Å²) < 4.78 is 0. The maximum absolute atomic E-state index is 5.90. The van der Waals surface area contributed by atoms with Crippen molar-refractivity contribution in [1.82, 2.24) is 9.80 Å². The second-order valence-electron chi connectivity index (χ2n) is 6.53. The Balaban J connectivity index is 2.16. The number of hydrogen-bond donors (Lipinski definition) is 1. The molecule has 0 aliphatic carbocycles. The van der Waals surface area contributed by atoms with Crippen molar-refractivity contribution in [1.29, 1.82) is 0 Å². The highest BCUT2D eigenvalue weighted by Gasteiger charge is 2.30. The van der Waals surface area contributed by atoms with Gasteiger partial charge in [-0.2, -0.15) is 0 Å². The highest BCUT2D eigenvalue weighted by molar-refractivity contribution is 5.20. The van der Waals surface area contributed by atoms with Crippen LogP contribution in [0.5, 0.6) is 0 Å². The highest BCUT2D eigenvalue weighted by Crippen LogP contribution is 2.28. The van der Waals surface area contributed by atoms with Gasteiger partial charge in [-0.05, 0) is 24.6 Å². The Hall–Kier alpha value is -0.900. The number of benzene rings is 1. The lowest BCUT2D eigenvalue weighted by Crippen LogP contribution is -2.50. The Morgan fingerprint density at radius 2 is 1.89 bits per heavy atom. The quantitative estimate of drug-likeness (QED) is 0.899. The third kappa shape index (κ3) is 3.78. The molecule has 0 aromatic heterocycles. The van der Waals surface area contributed by atoms with Gasteiger partial charge in [0, 0.05) is 32.2 Å². The van der Waals surface area contributed by atoms with E-state index in [0.29, 0.717) is 6.04 Å². The molecule has 0 bridgehead atoms. The molecule has 1 atom stereocenters. The summed E-state index contributed by atoms with van der Waals surface area (Å²) in [6.45, 7) is 9.69. The van der Waals surface area contributed by atoms with Crippen LogP contribution in [-0.2, 0) is 0 Å². The molecule has 3 nitrogen and oxygen atoms in total. The van der Waals surface area contributed by atoms with Crippen LogP contribution in [0.15, 0.2) is 30.3 Å². The number of rotatable bonds is 4. The van der Waals surface area contributed by atoms with Gasteiger partial charge in [0.2, 0.25) is 0 Å². The normalized spacial score (nSPS) is 22.6. The molecule has 1 aliphatic rings. The average Bonchev–Trinajstić information content (AvgIpc) is 2.42. The van der Waals surface area contributed by atoms with Gasteiger partial charge in [-0.3, -0.25) is 4.90 Å². The zero-order chi connectivity index (χ0) is 13.9. The van der Waals surface area contributed by atoms with Crippen LogP contribution in [0.2, 0.25) is 0 Å². The third-order valence-electron chi connectivity index (χ3n) is 4.06. The Morgan fingerprint density at radius 1 is 1.21 bits per heavy atom. The molecule has 106 valence electrons. The predicted molar refractivity (Wildman–Crippen MR) is 81.1 cm³/mol. The van der Waals surface area contributed by atoms with E-state index in [4.69, 9.17) is 5.73 Å². The molecule has 0 spiro atoms. The van der Waals surface area contributed by atoms with Crippen LogP contribution >= 0.6 is 0 Å². The van der Waals surface area contributed by atoms with Crippen molar-refractivity contribution in [3.63, 3.8) is 0 Å². The summed E-state index contributed by atoms with van der Waals surface area (Å²) in [5.41, 5.74) is 7.50. The molecule has 2 rings (SSSR count). The van der Waals surface area contributed by atoms with E-state index in [1.165, 1.54) is 5.56 Å². The monoisotopic (exact) mass is 261 g/mol. The van der Waals surface area contributed by atoms with Crippen LogP contribution in [0.25, 0.3) is 0 Å². The zero-order valence-electron chi connectivity index (χ0n) is 12.5. The van der Waals surface area contributed by atoms with Crippen molar-refractivity contribution in [3.05, 3.63) is 35.9 Å². The van der Waals surface area contributed by atoms with E-state index in [2.05, 4.69) is 61.0 Å². The standard InChI is InChI=1S/C16H27N3/c1-16(2,12-17)13-19-10-9-18(3)11-15(19)14-7-5-4-6-8-14/h4-8,15H,9-13,17H2,1-3H3. The summed E-state index contributed by atoms with van der Waals surface area (Å²) in [4.78, 5) is 5.02. The fourth-order valence-electron chi connectivity index (χ4n) is 2.75. The Kier molecular flexibility index (Phi) is 4.61. The fraction of sp³-hybridized carbons (Fsp3) is 0.625. The van der Waals surface area contributed by atoms with Crippen molar-refractivity contribution in [2.24, 2.45) is 11.1 Å². The second kappa shape index (κ2) is 6.04. The van der Waals surface area contributed by atoms with Gasteiger partial charge in [-0.15, -0.1) is 0 Å². The molecule has 2 N–H and O–H groups in total. The summed E-state index contributed by atoms with van der Waals surface area (Å²) in [5, 5.41) is 0. The van der Waals surface area contributed by atoms with E-state index in [-0.39, 0.29) is 5.41 Å². The minimum absolute atomic E-state index is 0.183. The Labute approximate surface area is 117 Å². The van der Waals surface area contributed by atoms with Gasteiger partial charge in [0.25, 0.3) is 0 Å². The van der Waals surface area contributed by atoms with E-state index in [0.717, 1.165) is 32.7 Å². The molecule has 19 heavy (non-hydrogen) atoms. The van der Waals surface area contributed by atoms with E-state index in [1.54, 1.807) is 0 Å². The van der Waals surface area contributed by atoms with Gasteiger partial charge in [-0.1, -0.05) is 44.2 Å². The van der Waals surface area contributed by atoms with E-state index in [1.807, 2.05) is 0 Å². The summed E-state index contributed by atoms with van der Waals surface area (Å²) in [7, 11) is 2.21. The predicted octanol–water partition coefficient (Wildman–Crippen LogP) is 1.96. The number of likely N-dealkylation sites (N-methyl/N-ethyl adjacent to an activating group) is 1. The molecule has 1 aliphatic heterocycles. The topological polar surface area (TPSA) is 32.5 Å². The lowest BCUT2D eigenvalue weighted by Gasteiger charge is -2.43. The first kappa shape index (κ1) is 14.5. The Bertz CT molecular complexity index is 388. The fourth-order valence-corrected chi connectivity index (χ4v) is 2.75. The van der Waals surface area contributed by atoms with Gasteiger partial charge in [0.1, 0.15) is 0 Å². The third-order valence-corrected chi connectivity index (χ3v) is 4.06. The molecule has 3 heteroatoms. The number of nitrogens with two attached hydrogens (primary N) is 1. The number of piperazine rings is 1. The molecule has 0 saturated carbocycles. The SMILES string of the molecule is CN1CCN(CC(C)(C)CN)C(c2ccccc2)C1. The Morgan fingerprint density at radius 3 is 2.53 bits per heavy atom. The molecule has 1 unspecified atom stereocenters. The second-order valence-corrected chi connectivity index (χ2v) is 6.53. The van der Waals surface area contributed by atoms with Gasteiger partial charge in [0.05, 0.1) is 0 Å². The summed E-state index contributed by atoms with van der Waals surface area (Å²) in [6.07, 6.45) is 0. The summed E-state index contributed by atoms with van der Waals surface area (Å²) in [6, 6.07) is 11.3. The molecule has 1 heterocycles. The minimum atomic E-state index is 0.183. The maximum Gasteiger partial charge on any atom is 0.0475 e. The molecule has 0 amide bonds. The van der Waals surface area contributed by atoms with Crippen LogP contribution in [0.3, 0.4) is 0 Å². The van der Waals surface area contributed by atoms with E-state index in [9.17, 15) is 0 Å².